The summed E-state index contributed by atoms with van der Waals surface area (Å²) in [7, 11) is 0. The Balaban J connectivity index is 1.33. The van der Waals surface area contributed by atoms with E-state index in [0.29, 0.717) is 44.2 Å². The zero-order chi connectivity index (χ0) is 25.5. The maximum Gasteiger partial charge on any atom is 0.317 e. The van der Waals surface area contributed by atoms with Crippen molar-refractivity contribution in [2.24, 2.45) is 5.92 Å². The number of urea groups is 1. The molecule has 1 aliphatic carbocycles. The SMILES string of the molecule is O=C1NCCCCCCN(C(=O)NCCc2ccccc2)[C@H]2C[C@H](c3nc(-c4cccnc4)no3)C[C@@H]12. The van der Waals surface area contributed by atoms with Crippen LogP contribution in [0.3, 0.4) is 0 Å². The van der Waals surface area contributed by atoms with Gasteiger partial charge in [-0.25, -0.2) is 4.79 Å². The molecule has 3 heterocycles. The predicted molar refractivity (Wildman–Crippen MR) is 139 cm³/mol. The third-order valence-electron chi connectivity index (χ3n) is 7.40. The lowest BCUT2D eigenvalue weighted by Gasteiger charge is -2.32. The second-order valence-corrected chi connectivity index (χ2v) is 9.91. The van der Waals surface area contributed by atoms with Crippen LogP contribution in [-0.2, 0) is 11.2 Å². The quantitative estimate of drug-likeness (QED) is 0.546. The molecule has 5 rings (SSSR count). The number of aromatic nitrogens is 3. The molecule has 2 aliphatic rings. The summed E-state index contributed by atoms with van der Waals surface area (Å²) in [6.45, 7) is 1.84. The van der Waals surface area contributed by atoms with Gasteiger partial charge in [-0.1, -0.05) is 48.3 Å². The zero-order valence-corrected chi connectivity index (χ0v) is 21.0. The van der Waals surface area contributed by atoms with Gasteiger partial charge in [-0.2, -0.15) is 4.98 Å². The molecule has 2 N–H and O–H groups in total. The van der Waals surface area contributed by atoms with Crippen molar-refractivity contribution in [1.29, 1.82) is 0 Å². The molecular formula is C28H34N6O3. The predicted octanol–water partition coefficient (Wildman–Crippen LogP) is 3.94. The Labute approximate surface area is 217 Å². The lowest BCUT2D eigenvalue weighted by Crippen LogP contribution is -2.51. The zero-order valence-electron chi connectivity index (χ0n) is 21.0. The number of hydrogen-bond donors (Lipinski definition) is 2. The van der Waals surface area contributed by atoms with Gasteiger partial charge in [0.2, 0.25) is 17.6 Å². The minimum Gasteiger partial charge on any atom is -0.356 e. The third-order valence-corrected chi connectivity index (χ3v) is 7.40. The molecule has 2 fully saturated rings. The van der Waals surface area contributed by atoms with E-state index in [2.05, 4.69) is 37.9 Å². The van der Waals surface area contributed by atoms with Gasteiger partial charge < -0.3 is 20.1 Å². The molecule has 0 radical (unpaired) electrons. The Kier molecular flexibility index (Phi) is 8.08. The second kappa shape index (κ2) is 12.0. The van der Waals surface area contributed by atoms with Crippen molar-refractivity contribution in [3.05, 3.63) is 66.3 Å². The Bertz CT molecular complexity index is 1170. The van der Waals surface area contributed by atoms with Crippen molar-refractivity contribution in [3.8, 4) is 11.4 Å². The molecule has 37 heavy (non-hydrogen) atoms. The van der Waals surface area contributed by atoms with Gasteiger partial charge >= 0.3 is 6.03 Å². The molecule has 3 atom stereocenters. The Morgan fingerprint density at radius 3 is 2.78 bits per heavy atom. The summed E-state index contributed by atoms with van der Waals surface area (Å²) >= 11 is 0. The molecule has 0 spiro atoms. The van der Waals surface area contributed by atoms with Gasteiger partial charge in [0.15, 0.2) is 0 Å². The summed E-state index contributed by atoms with van der Waals surface area (Å²) in [4.78, 5) is 37.3. The van der Waals surface area contributed by atoms with Gasteiger partial charge in [0.05, 0.1) is 5.92 Å². The van der Waals surface area contributed by atoms with Crippen LogP contribution in [0.5, 0.6) is 0 Å². The number of fused-ring (bicyclic) bond motifs is 1. The summed E-state index contributed by atoms with van der Waals surface area (Å²) in [5, 5.41) is 10.4. The number of nitrogens with one attached hydrogen (secondary N) is 2. The minimum atomic E-state index is -0.322. The van der Waals surface area contributed by atoms with Crippen LogP contribution in [0.1, 0.15) is 55.9 Å². The van der Waals surface area contributed by atoms with E-state index in [0.717, 1.165) is 37.7 Å². The highest BCUT2D eigenvalue weighted by molar-refractivity contribution is 5.82. The smallest absolute Gasteiger partial charge is 0.317 e. The Morgan fingerprint density at radius 2 is 1.95 bits per heavy atom. The number of pyridine rings is 1. The number of carbonyl (C=O) groups is 2. The van der Waals surface area contributed by atoms with E-state index in [4.69, 9.17) is 4.52 Å². The van der Waals surface area contributed by atoms with Crippen molar-refractivity contribution in [1.82, 2.24) is 30.7 Å². The van der Waals surface area contributed by atoms with Gasteiger partial charge in [-0.3, -0.25) is 9.78 Å². The molecule has 0 bridgehead atoms. The maximum atomic E-state index is 13.4. The molecule has 1 saturated heterocycles. The van der Waals surface area contributed by atoms with E-state index in [1.165, 1.54) is 5.56 Å². The first-order valence-corrected chi connectivity index (χ1v) is 13.3. The van der Waals surface area contributed by atoms with Gasteiger partial charge in [0.25, 0.3) is 0 Å². The van der Waals surface area contributed by atoms with Gasteiger partial charge in [-0.15, -0.1) is 0 Å². The molecule has 2 aromatic heterocycles. The maximum absolute atomic E-state index is 13.4. The monoisotopic (exact) mass is 502 g/mol. The number of carbonyl (C=O) groups excluding carboxylic acids is 2. The van der Waals surface area contributed by atoms with Crippen LogP contribution in [0, 0.1) is 5.92 Å². The fraction of sp³-hybridized carbons (Fsp3) is 0.464. The van der Waals surface area contributed by atoms with E-state index in [1.807, 2.05) is 35.2 Å². The summed E-state index contributed by atoms with van der Waals surface area (Å²) in [6, 6.07) is 13.5. The molecule has 3 aromatic rings. The lowest BCUT2D eigenvalue weighted by atomic mass is 10.0. The molecule has 194 valence electrons. The number of benzene rings is 1. The van der Waals surface area contributed by atoms with Crippen LogP contribution in [0.15, 0.2) is 59.4 Å². The number of rotatable bonds is 5. The summed E-state index contributed by atoms with van der Waals surface area (Å²) in [5.41, 5.74) is 1.96. The van der Waals surface area contributed by atoms with E-state index in [-0.39, 0.29) is 29.8 Å². The number of hydrogen-bond acceptors (Lipinski definition) is 6. The molecule has 9 heteroatoms. The first kappa shape index (κ1) is 24.9. The highest BCUT2D eigenvalue weighted by Crippen LogP contribution is 2.41. The van der Waals surface area contributed by atoms with Crippen LogP contribution >= 0.6 is 0 Å². The largest absolute Gasteiger partial charge is 0.356 e. The van der Waals surface area contributed by atoms with Gasteiger partial charge in [-0.05, 0) is 49.8 Å². The van der Waals surface area contributed by atoms with Gasteiger partial charge in [0.1, 0.15) is 0 Å². The van der Waals surface area contributed by atoms with E-state index >= 15 is 0 Å². The molecule has 1 aromatic carbocycles. The minimum absolute atomic E-state index is 0.00323. The number of nitrogens with zero attached hydrogens (tertiary/aromatic N) is 4. The van der Waals surface area contributed by atoms with Crippen LogP contribution in [0.4, 0.5) is 4.79 Å². The first-order chi connectivity index (χ1) is 18.2. The fourth-order valence-electron chi connectivity index (χ4n) is 5.44. The average Bonchev–Trinajstić information content (AvgIpc) is 3.59. The van der Waals surface area contributed by atoms with E-state index in [1.54, 1.807) is 12.4 Å². The first-order valence-electron chi connectivity index (χ1n) is 13.3. The summed E-state index contributed by atoms with van der Waals surface area (Å²) in [5.74, 6) is 0.578. The third kappa shape index (κ3) is 6.15. The lowest BCUT2D eigenvalue weighted by molar-refractivity contribution is -0.126. The molecule has 3 amide bonds. The van der Waals surface area contributed by atoms with Crippen molar-refractivity contribution >= 4 is 11.9 Å². The van der Waals surface area contributed by atoms with Crippen molar-refractivity contribution in [2.75, 3.05) is 19.6 Å². The normalized spacial score (nSPS) is 22.5. The highest BCUT2D eigenvalue weighted by atomic mass is 16.5. The van der Waals surface area contributed by atoms with E-state index in [9.17, 15) is 9.59 Å². The molecule has 1 aliphatic heterocycles. The average molecular weight is 503 g/mol. The highest BCUT2D eigenvalue weighted by Gasteiger charge is 2.45. The van der Waals surface area contributed by atoms with Crippen molar-refractivity contribution in [3.63, 3.8) is 0 Å². The van der Waals surface area contributed by atoms with Crippen LogP contribution in [-0.4, -0.2) is 57.6 Å². The standard InChI is InChI=1S/C28H34N6O3/c35-26-23-17-22(27-32-25(33-37-27)21-11-8-13-29-19-21)18-24(23)34(16-7-2-1-6-14-30-26)28(36)31-15-12-20-9-4-3-5-10-20/h3-5,8-11,13,19,22-24H,1-2,6-7,12,14-18H2,(H,30,35)(H,31,36)/t22-,23-,24+/m1/s1. The molecule has 1 saturated carbocycles. The summed E-state index contributed by atoms with van der Waals surface area (Å²) in [6.07, 6.45) is 9.28. The van der Waals surface area contributed by atoms with E-state index < -0.39 is 0 Å². The molecular weight excluding hydrogens is 468 g/mol. The van der Waals surface area contributed by atoms with Crippen LogP contribution in [0.2, 0.25) is 0 Å². The Hall–Kier alpha value is -3.75. The molecule has 9 nitrogen and oxygen atoms in total. The molecule has 0 unspecified atom stereocenters. The Morgan fingerprint density at radius 1 is 1.08 bits per heavy atom. The van der Waals surface area contributed by atoms with Crippen LogP contribution in [0.25, 0.3) is 11.4 Å². The fourth-order valence-corrected chi connectivity index (χ4v) is 5.44. The van der Waals surface area contributed by atoms with Crippen molar-refractivity contribution < 1.29 is 14.1 Å². The van der Waals surface area contributed by atoms with Crippen molar-refractivity contribution in [2.45, 2.75) is 56.9 Å². The van der Waals surface area contributed by atoms with Crippen LogP contribution < -0.4 is 10.6 Å². The van der Waals surface area contributed by atoms with Gasteiger partial charge in [0, 0.05) is 49.6 Å². The second-order valence-electron chi connectivity index (χ2n) is 9.91. The topological polar surface area (TPSA) is 113 Å². The summed E-state index contributed by atoms with van der Waals surface area (Å²) < 4.78 is 5.65. The number of amides is 3.